The van der Waals surface area contributed by atoms with Crippen molar-refractivity contribution < 1.29 is 4.39 Å². The Morgan fingerprint density at radius 3 is 2.55 bits per heavy atom. The molecule has 0 atom stereocenters. The number of halogens is 2. The van der Waals surface area contributed by atoms with Gasteiger partial charge in [-0.05, 0) is 23.8 Å². The van der Waals surface area contributed by atoms with Crippen molar-refractivity contribution in [3.8, 4) is 6.07 Å². The van der Waals surface area contributed by atoms with Crippen LogP contribution in [0.15, 0.2) is 48.5 Å². The summed E-state index contributed by atoms with van der Waals surface area (Å²) in [5.41, 5.74) is 1.71. The van der Waals surface area contributed by atoms with Gasteiger partial charge in [0, 0.05) is 18.8 Å². The fourth-order valence-electron chi connectivity index (χ4n) is 2.00. The van der Waals surface area contributed by atoms with Crippen molar-refractivity contribution in [3.05, 3.63) is 64.9 Å². The topological polar surface area (TPSA) is 27.0 Å². The van der Waals surface area contributed by atoms with Gasteiger partial charge in [-0.2, -0.15) is 5.26 Å². The van der Waals surface area contributed by atoms with E-state index in [1.54, 1.807) is 12.1 Å². The van der Waals surface area contributed by atoms with E-state index in [0.29, 0.717) is 25.1 Å². The number of hydrogen-bond acceptors (Lipinski definition) is 2. The van der Waals surface area contributed by atoms with Gasteiger partial charge in [-0.3, -0.25) is 0 Å². The predicted molar refractivity (Wildman–Crippen MR) is 79.1 cm³/mol. The third-order valence-electron chi connectivity index (χ3n) is 3.01. The Labute approximate surface area is 123 Å². The lowest BCUT2D eigenvalue weighted by atomic mass is 10.1. The number of benzene rings is 2. The van der Waals surface area contributed by atoms with E-state index in [4.69, 9.17) is 16.9 Å². The minimum absolute atomic E-state index is 0.144. The molecule has 2 rings (SSSR count). The van der Waals surface area contributed by atoms with Crippen LogP contribution in [-0.4, -0.2) is 6.54 Å². The van der Waals surface area contributed by atoms with E-state index >= 15 is 0 Å². The zero-order chi connectivity index (χ0) is 14.4. The molecule has 0 radical (unpaired) electrons. The van der Waals surface area contributed by atoms with Crippen molar-refractivity contribution in [2.24, 2.45) is 0 Å². The van der Waals surface area contributed by atoms with Crippen LogP contribution in [0.5, 0.6) is 0 Å². The summed E-state index contributed by atoms with van der Waals surface area (Å²) in [5.74, 6) is -0.419. The minimum Gasteiger partial charge on any atom is -0.366 e. The summed E-state index contributed by atoms with van der Waals surface area (Å²) in [6.45, 7) is 1.05. The van der Waals surface area contributed by atoms with Gasteiger partial charge in [0.1, 0.15) is 5.82 Å². The molecule has 0 saturated carbocycles. The third kappa shape index (κ3) is 3.49. The Balaban J connectivity index is 2.24. The summed E-state index contributed by atoms with van der Waals surface area (Å²) >= 11 is 5.99. The Morgan fingerprint density at radius 2 is 1.85 bits per heavy atom. The average Bonchev–Trinajstić information content (AvgIpc) is 2.48. The zero-order valence-electron chi connectivity index (χ0n) is 10.9. The van der Waals surface area contributed by atoms with Crippen LogP contribution in [0, 0.1) is 17.1 Å². The summed E-state index contributed by atoms with van der Waals surface area (Å²) < 4.78 is 13.5. The highest BCUT2D eigenvalue weighted by Gasteiger charge is 2.11. The van der Waals surface area contributed by atoms with Crippen LogP contribution in [0.4, 0.5) is 10.1 Å². The highest BCUT2D eigenvalue weighted by Crippen LogP contribution is 2.24. The summed E-state index contributed by atoms with van der Waals surface area (Å²) in [6, 6.07) is 16.6. The van der Waals surface area contributed by atoms with Gasteiger partial charge in [-0.25, -0.2) is 4.39 Å². The number of nitriles is 1. The molecule has 2 aromatic carbocycles. The van der Waals surface area contributed by atoms with Crippen molar-refractivity contribution in [3.63, 3.8) is 0 Å². The van der Waals surface area contributed by atoms with Crippen molar-refractivity contribution >= 4 is 17.3 Å². The molecule has 0 fully saturated rings. The van der Waals surface area contributed by atoms with Crippen LogP contribution in [0.3, 0.4) is 0 Å². The first-order valence-corrected chi connectivity index (χ1v) is 6.70. The van der Waals surface area contributed by atoms with Gasteiger partial charge in [-0.15, -0.1) is 0 Å². The molecule has 0 bridgehead atoms. The van der Waals surface area contributed by atoms with Crippen LogP contribution in [0.1, 0.15) is 12.0 Å². The maximum Gasteiger partial charge on any atom is 0.142 e. The van der Waals surface area contributed by atoms with E-state index in [1.165, 1.54) is 6.07 Å². The summed E-state index contributed by atoms with van der Waals surface area (Å²) in [4.78, 5) is 2.02. The molecule has 0 aromatic heterocycles. The molecule has 0 heterocycles. The number of rotatable bonds is 5. The Morgan fingerprint density at radius 1 is 1.10 bits per heavy atom. The van der Waals surface area contributed by atoms with Crippen molar-refractivity contribution in [1.29, 1.82) is 5.26 Å². The number of nitrogens with zero attached hydrogens (tertiary/aromatic N) is 2. The van der Waals surface area contributed by atoms with E-state index in [9.17, 15) is 4.39 Å². The fourth-order valence-corrected chi connectivity index (χ4v) is 2.19. The summed E-state index contributed by atoms with van der Waals surface area (Å²) in [6.07, 6.45) is 0.405. The lowest BCUT2D eigenvalue weighted by Gasteiger charge is -2.24. The molecule has 20 heavy (non-hydrogen) atoms. The molecule has 102 valence electrons. The minimum atomic E-state index is -0.419. The Hall–Kier alpha value is -2.05. The Kier molecular flexibility index (Phi) is 4.97. The first-order chi connectivity index (χ1) is 9.72. The highest BCUT2D eigenvalue weighted by molar-refractivity contribution is 6.31. The number of hydrogen-bond donors (Lipinski definition) is 0. The quantitative estimate of drug-likeness (QED) is 0.815. The van der Waals surface area contributed by atoms with Crippen molar-refractivity contribution in [2.75, 3.05) is 11.4 Å². The first-order valence-electron chi connectivity index (χ1n) is 6.32. The van der Waals surface area contributed by atoms with E-state index in [0.717, 1.165) is 5.69 Å². The average molecular weight is 289 g/mol. The van der Waals surface area contributed by atoms with Gasteiger partial charge in [-0.1, -0.05) is 41.9 Å². The second-order valence-corrected chi connectivity index (χ2v) is 4.76. The summed E-state index contributed by atoms with van der Waals surface area (Å²) in [7, 11) is 0. The molecule has 4 heteroatoms. The van der Waals surface area contributed by atoms with Gasteiger partial charge in [0.05, 0.1) is 17.5 Å². The zero-order valence-corrected chi connectivity index (χ0v) is 11.6. The van der Waals surface area contributed by atoms with Gasteiger partial charge < -0.3 is 4.90 Å². The van der Waals surface area contributed by atoms with Gasteiger partial charge in [0.25, 0.3) is 0 Å². The Bertz CT molecular complexity index is 608. The van der Waals surface area contributed by atoms with Crippen molar-refractivity contribution in [2.45, 2.75) is 13.0 Å². The second-order valence-electron chi connectivity index (χ2n) is 4.38. The molecule has 0 spiro atoms. The lowest BCUT2D eigenvalue weighted by Crippen LogP contribution is -2.23. The predicted octanol–water partition coefficient (Wildman–Crippen LogP) is 4.40. The van der Waals surface area contributed by atoms with Gasteiger partial charge >= 0.3 is 0 Å². The standard InChI is InChI=1S/C16H14ClFN2/c17-16-13(6-4-9-15(16)18)12-20(11-5-10-19)14-7-2-1-3-8-14/h1-4,6-9H,5,11-12H2. The van der Waals surface area contributed by atoms with E-state index < -0.39 is 5.82 Å². The van der Waals surface area contributed by atoms with Crippen LogP contribution in [0.2, 0.25) is 5.02 Å². The molecule has 0 aliphatic carbocycles. The van der Waals surface area contributed by atoms with Crippen molar-refractivity contribution in [1.82, 2.24) is 0 Å². The number of anilines is 1. The lowest BCUT2D eigenvalue weighted by molar-refractivity contribution is 0.625. The van der Waals surface area contributed by atoms with Gasteiger partial charge in [0.15, 0.2) is 0 Å². The molecule has 0 aliphatic heterocycles. The molecule has 0 aliphatic rings. The number of para-hydroxylation sites is 1. The first kappa shape index (κ1) is 14.4. The maximum atomic E-state index is 13.5. The molecule has 2 nitrogen and oxygen atoms in total. The molecule has 0 amide bonds. The van der Waals surface area contributed by atoms with E-state index in [2.05, 4.69) is 6.07 Å². The van der Waals surface area contributed by atoms with Gasteiger partial charge in [0.2, 0.25) is 0 Å². The molecule has 0 N–H and O–H groups in total. The molecule has 0 saturated heterocycles. The monoisotopic (exact) mass is 288 g/mol. The smallest absolute Gasteiger partial charge is 0.142 e. The molecular weight excluding hydrogens is 275 g/mol. The largest absolute Gasteiger partial charge is 0.366 e. The fraction of sp³-hybridized carbons (Fsp3) is 0.188. The van der Waals surface area contributed by atoms with Crippen LogP contribution in [0.25, 0.3) is 0 Å². The highest BCUT2D eigenvalue weighted by atomic mass is 35.5. The molecule has 0 unspecified atom stereocenters. The van der Waals surface area contributed by atoms with Crippen LogP contribution >= 0.6 is 11.6 Å². The molecular formula is C16H14ClFN2. The summed E-state index contributed by atoms with van der Waals surface area (Å²) in [5, 5.41) is 8.91. The van der Waals surface area contributed by atoms with Crippen LogP contribution < -0.4 is 4.90 Å². The molecule has 2 aromatic rings. The SMILES string of the molecule is N#CCCN(Cc1cccc(F)c1Cl)c1ccccc1. The second kappa shape index (κ2) is 6.93. The third-order valence-corrected chi connectivity index (χ3v) is 3.43. The van der Waals surface area contributed by atoms with E-state index in [-0.39, 0.29) is 5.02 Å². The normalized spacial score (nSPS) is 10.1. The van der Waals surface area contributed by atoms with Crippen LogP contribution in [-0.2, 0) is 6.54 Å². The van der Waals surface area contributed by atoms with E-state index in [1.807, 2.05) is 35.2 Å². The maximum absolute atomic E-state index is 13.5.